The van der Waals surface area contributed by atoms with Gasteiger partial charge in [-0.1, -0.05) is 30.3 Å². The van der Waals surface area contributed by atoms with Gasteiger partial charge >= 0.3 is 0 Å². The molecule has 1 saturated heterocycles. The van der Waals surface area contributed by atoms with Gasteiger partial charge in [0.15, 0.2) is 0 Å². The van der Waals surface area contributed by atoms with Crippen molar-refractivity contribution < 1.29 is 9.53 Å². The maximum atomic E-state index is 12.0. The Balaban J connectivity index is 1.50. The van der Waals surface area contributed by atoms with Crippen molar-refractivity contribution in [1.82, 2.24) is 9.88 Å². The number of pyridine rings is 1. The summed E-state index contributed by atoms with van der Waals surface area (Å²) in [5.41, 5.74) is 0.984. The van der Waals surface area contributed by atoms with Crippen LogP contribution in [-0.4, -0.2) is 42.0 Å². The molecule has 24 heavy (non-hydrogen) atoms. The van der Waals surface area contributed by atoms with Gasteiger partial charge in [0.05, 0.1) is 12.6 Å². The van der Waals surface area contributed by atoms with Crippen LogP contribution in [-0.2, 0) is 11.2 Å². The molecule has 2 heterocycles. The molecule has 2 aromatic rings. The second-order valence-electron chi connectivity index (χ2n) is 6.21. The van der Waals surface area contributed by atoms with E-state index in [0.717, 1.165) is 37.2 Å². The normalized spacial score (nSPS) is 15.9. The van der Waals surface area contributed by atoms with Gasteiger partial charge in [-0.05, 0) is 37.6 Å². The molecule has 0 unspecified atom stereocenters. The quantitative estimate of drug-likeness (QED) is 0.918. The number of benzene rings is 1. The zero-order valence-corrected chi connectivity index (χ0v) is 13.9. The fourth-order valence-corrected chi connectivity index (χ4v) is 2.79. The number of nitrogens with one attached hydrogen (secondary N) is 1. The van der Waals surface area contributed by atoms with Crippen molar-refractivity contribution in [2.45, 2.75) is 25.4 Å². The molecule has 1 aliphatic rings. The van der Waals surface area contributed by atoms with Crippen LogP contribution in [0.2, 0.25) is 0 Å². The van der Waals surface area contributed by atoms with Gasteiger partial charge in [0.25, 0.3) is 0 Å². The molecule has 1 aliphatic heterocycles. The predicted molar refractivity (Wildman–Crippen MR) is 94.2 cm³/mol. The molecule has 0 saturated carbocycles. The monoisotopic (exact) mass is 325 g/mol. The summed E-state index contributed by atoms with van der Waals surface area (Å²) in [6.45, 7) is 2.12. The van der Waals surface area contributed by atoms with Gasteiger partial charge in [-0.3, -0.25) is 4.79 Å². The SMILES string of the molecule is CN1CCC(Oc2ccc(NC(=O)Cc3ccccc3)nc2)CC1. The van der Waals surface area contributed by atoms with E-state index in [2.05, 4.69) is 22.2 Å². The first-order valence-electron chi connectivity index (χ1n) is 8.34. The lowest BCUT2D eigenvalue weighted by Crippen LogP contribution is -2.35. The molecule has 1 aromatic heterocycles. The second-order valence-corrected chi connectivity index (χ2v) is 6.21. The summed E-state index contributed by atoms with van der Waals surface area (Å²) in [5, 5.41) is 2.81. The van der Waals surface area contributed by atoms with Crippen LogP contribution in [0.15, 0.2) is 48.7 Å². The highest BCUT2D eigenvalue weighted by Crippen LogP contribution is 2.19. The van der Waals surface area contributed by atoms with E-state index in [0.29, 0.717) is 12.2 Å². The molecule has 1 fully saturated rings. The minimum Gasteiger partial charge on any atom is -0.489 e. The Morgan fingerprint density at radius 1 is 1.21 bits per heavy atom. The number of anilines is 1. The molecule has 1 N–H and O–H groups in total. The van der Waals surface area contributed by atoms with E-state index in [4.69, 9.17) is 4.74 Å². The van der Waals surface area contributed by atoms with E-state index in [1.165, 1.54) is 0 Å². The van der Waals surface area contributed by atoms with E-state index in [-0.39, 0.29) is 12.0 Å². The lowest BCUT2D eigenvalue weighted by Gasteiger charge is -2.29. The smallest absolute Gasteiger partial charge is 0.229 e. The van der Waals surface area contributed by atoms with E-state index in [1.54, 1.807) is 12.3 Å². The van der Waals surface area contributed by atoms with Crippen molar-refractivity contribution in [2.24, 2.45) is 0 Å². The fourth-order valence-electron chi connectivity index (χ4n) is 2.79. The number of carbonyl (C=O) groups is 1. The summed E-state index contributed by atoms with van der Waals surface area (Å²) >= 11 is 0. The van der Waals surface area contributed by atoms with Crippen LogP contribution in [0.4, 0.5) is 5.82 Å². The van der Waals surface area contributed by atoms with Crippen molar-refractivity contribution in [2.75, 3.05) is 25.5 Å². The van der Waals surface area contributed by atoms with Gasteiger partial charge < -0.3 is 15.0 Å². The molecular formula is C19H23N3O2. The van der Waals surface area contributed by atoms with Crippen molar-refractivity contribution in [3.05, 3.63) is 54.2 Å². The molecule has 3 rings (SSSR count). The fraction of sp³-hybridized carbons (Fsp3) is 0.368. The number of carbonyl (C=O) groups excluding carboxylic acids is 1. The summed E-state index contributed by atoms with van der Waals surface area (Å²) in [7, 11) is 2.13. The van der Waals surface area contributed by atoms with Crippen LogP contribution in [0.5, 0.6) is 5.75 Å². The Labute approximate surface area is 142 Å². The number of ether oxygens (including phenoxy) is 1. The molecule has 0 bridgehead atoms. The Hall–Kier alpha value is -2.40. The van der Waals surface area contributed by atoms with Gasteiger partial charge in [0.2, 0.25) is 5.91 Å². The molecule has 126 valence electrons. The molecule has 1 aromatic carbocycles. The van der Waals surface area contributed by atoms with Crippen LogP contribution in [0.25, 0.3) is 0 Å². The Kier molecular flexibility index (Phi) is 5.43. The molecule has 0 aliphatic carbocycles. The molecule has 5 nitrogen and oxygen atoms in total. The minimum atomic E-state index is -0.0716. The van der Waals surface area contributed by atoms with Crippen LogP contribution >= 0.6 is 0 Å². The number of piperidine rings is 1. The van der Waals surface area contributed by atoms with Crippen molar-refractivity contribution in [3.8, 4) is 5.75 Å². The topological polar surface area (TPSA) is 54.5 Å². The number of hydrogen-bond acceptors (Lipinski definition) is 4. The summed E-state index contributed by atoms with van der Waals surface area (Å²) in [6.07, 6.45) is 4.34. The third kappa shape index (κ3) is 4.80. The maximum Gasteiger partial charge on any atom is 0.229 e. The van der Waals surface area contributed by atoms with Crippen molar-refractivity contribution in [1.29, 1.82) is 0 Å². The third-order valence-electron chi connectivity index (χ3n) is 4.18. The van der Waals surface area contributed by atoms with Crippen molar-refractivity contribution >= 4 is 11.7 Å². The molecular weight excluding hydrogens is 302 g/mol. The zero-order valence-electron chi connectivity index (χ0n) is 13.9. The molecule has 1 amide bonds. The first kappa shape index (κ1) is 16.5. The zero-order chi connectivity index (χ0) is 16.8. The van der Waals surface area contributed by atoms with Crippen LogP contribution < -0.4 is 10.1 Å². The average molecular weight is 325 g/mol. The summed E-state index contributed by atoms with van der Waals surface area (Å²) in [5.74, 6) is 1.23. The standard InChI is InChI=1S/C19H23N3O2/c1-22-11-9-16(10-12-22)24-17-7-8-18(20-14-17)21-19(23)13-15-5-3-2-4-6-15/h2-8,14,16H,9-13H2,1H3,(H,20,21,23). The first-order chi connectivity index (χ1) is 11.7. The highest BCUT2D eigenvalue weighted by atomic mass is 16.5. The Morgan fingerprint density at radius 2 is 1.96 bits per heavy atom. The molecule has 0 spiro atoms. The van der Waals surface area contributed by atoms with Gasteiger partial charge in [-0.2, -0.15) is 0 Å². The average Bonchev–Trinajstić information content (AvgIpc) is 2.59. The van der Waals surface area contributed by atoms with Crippen LogP contribution in [0.3, 0.4) is 0 Å². The number of aromatic nitrogens is 1. The van der Waals surface area contributed by atoms with E-state index in [9.17, 15) is 4.79 Å². The van der Waals surface area contributed by atoms with Crippen molar-refractivity contribution in [3.63, 3.8) is 0 Å². The largest absolute Gasteiger partial charge is 0.489 e. The van der Waals surface area contributed by atoms with E-state index >= 15 is 0 Å². The number of likely N-dealkylation sites (tertiary alicyclic amines) is 1. The van der Waals surface area contributed by atoms with E-state index in [1.807, 2.05) is 36.4 Å². The number of rotatable bonds is 5. The maximum absolute atomic E-state index is 12.0. The predicted octanol–water partition coefficient (Wildman–Crippen LogP) is 2.74. The van der Waals surface area contributed by atoms with Gasteiger partial charge in [-0.25, -0.2) is 4.98 Å². The minimum absolute atomic E-state index is 0.0716. The highest BCUT2D eigenvalue weighted by molar-refractivity contribution is 5.91. The number of amides is 1. The Bertz CT molecular complexity index is 650. The first-order valence-corrected chi connectivity index (χ1v) is 8.34. The second kappa shape index (κ2) is 7.93. The summed E-state index contributed by atoms with van der Waals surface area (Å²) < 4.78 is 5.96. The lowest BCUT2D eigenvalue weighted by atomic mass is 10.1. The summed E-state index contributed by atoms with van der Waals surface area (Å²) in [4.78, 5) is 18.6. The summed E-state index contributed by atoms with van der Waals surface area (Å²) in [6, 6.07) is 13.3. The lowest BCUT2D eigenvalue weighted by molar-refractivity contribution is -0.115. The third-order valence-corrected chi connectivity index (χ3v) is 4.18. The van der Waals surface area contributed by atoms with Crippen LogP contribution in [0.1, 0.15) is 18.4 Å². The molecule has 0 atom stereocenters. The number of nitrogens with zero attached hydrogens (tertiary/aromatic N) is 2. The molecule has 5 heteroatoms. The van der Waals surface area contributed by atoms with Gasteiger partial charge in [-0.15, -0.1) is 0 Å². The highest BCUT2D eigenvalue weighted by Gasteiger charge is 2.18. The number of hydrogen-bond donors (Lipinski definition) is 1. The van der Waals surface area contributed by atoms with Crippen LogP contribution in [0, 0.1) is 0 Å². The van der Waals surface area contributed by atoms with Gasteiger partial charge in [0.1, 0.15) is 17.7 Å². The Morgan fingerprint density at radius 3 is 2.62 bits per heavy atom. The van der Waals surface area contributed by atoms with E-state index < -0.39 is 0 Å². The molecule has 0 radical (unpaired) electrons. The van der Waals surface area contributed by atoms with Gasteiger partial charge in [0, 0.05) is 13.1 Å².